The van der Waals surface area contributed by atoms with Gasteiger partial charge < -0.3 is 4.74 Å². The number of nitrogens with zero attached hydrogens (tertiary/aromatic N) is 3. The van der Waals surface area contributed by atoms with Gasteiger partial charge in [-0.15, -0.1) is 0 Å². The van der Waals surface area contributed by atoms with Crippen LogP contribution in [0.5, 0.6) is 0 Å². The van der Waals surface area contributed by atoms with Gasteiger partial charge in [-0.1, -0.05) is 0 Å². The molecule has 0 saturated heterocycles. The van der Waals surface area contributed by atoms with E-state index in [0.29, 0.717) is 17.7 Å². The molecule has 11 heteroatoms. The standard InChI is InChI=1S/C19H13F6N3O2/c1-2-30-17(29)14-9-16(11-4-3-7-26-10-11)28(27-14)15-6-5-12(18(20,21)22)8-13(15)19(23,24)25/h3-10H,2H2,1H3. The number of aromatic nitrogens is 3. The number of carbonyl (C=O) groups excluding carboxylic acids is 1. The van der Waals surface area contributed by atoms with Crippen LogP contribution in [0.25, 0.3) is 16.9 Å². The lowest BCUT2D eigenvalue weighted by Crippen LogP contribution is -2.16. The molecule has 0 spiro atoms. The Morgan fingerprint density at radius 1 is 1.07 bits per heavy atom. The summed E-state index contributed by atoms with van der Waals surface area (Å²) >= 11 is 0. The minimum Gasteiger partial charge on any atom is -0.461 e. The highest BCUT2D eigenvalue weighted by Gasteiger charge is 2.39. The molecule has 2 aromatic heterocycles. The summed E-state index contributed by atoms with van der Waals surface area (Å²) < 4.78 is 85.3. The molecule has 158 valence electrons. The quantitative estimate of drug-likeness (QED) is 0.425. The molecule has 30 heavy (non-hydrogen) atoms. The van der Waals surface area contributed by atoms with Crippen LogP contribution in [0, 0.1) is 0 Å². The van der Waals surface area contributed by atoms with Gasteiger partial charge in [0.15, 0.2) is 5.69 Å². The Morgan fingerprint density at radius 2 is 1.80 bits per heavy atom. The van der Waals surface area contributed by atoms with E-state index in [9.17, 15) is 31.1 Å². The second kappa shape index (κ2) is 7.81. The molecule has 0 radical (unpaired) electrons. The van der Waals surface area contributed by atoms with Crippen molar-refractivity contribution in [3.05, 3.63) is 65.6 Å². The molecule has 0 amide bonds. The average molecular weight is 429 g/mol. The minimum absolute atomic E-state index is 0.00198. The molecule has 3 aromatic rings. The summed E-state index contributed by atoms with van der Waals surface area (Å²) in [6.45, 7) is 1.54. The molecule has 0 aliphatic heterocycles. The van der Waals surface area contributed by atoms with Crippen LogP contribution < -0.4 is 0 Å². The van der Waals surface area contributed by atoms with Gasteiger partial charge in [0, 0.05) is 18.0 Å². The Morgan fingerprint density at radius 3 is 2.37 bits per heavy atom. The van der Waals surface area contributed by atoms with Gasteiger partial charge in [-0.3, -0.25) is 4.98 Å². The van der Waals surface area contributed by atoms with Crippen molar-refractivity contribution < 1.29 is 35.9 Å². The first-order chi connectivity index (χ1) is 14.0. The number of hydrogen-bond donors (Lipinski definition) is 0. The molecule has 0 atom stereocenters. The van der Waals surface area contributed by atoms with Gasteiger partial charge in [0.1, 0.15) is 0 Å². The third kappa shape index (κ3) is 4.29. The maximum Gasteiger partial charge on any atom is 0.418 e. The first-order valence-electron chi connectivity index (χ1n) is 8.48. The molecule has 0 unspecified atom stereocenters. The van der Waals surface area contributed by atoms with Crippen LogP contribution in [-0.2, 0) is 17.1 Å². The van der Waals surface area contributed by atoms with E-state index in [2.05, 4.69) is 10.1 Å². The van der Waals surface area contributed by atoms with E-state index in [4.69, 9.17) is 4.74 Å². The highest BCUT2D eigenvalue weighted by atomic mass is 19.4. The molecule has 1 aromatic carbocycles. The van der Waals surface area contributed by atoms with Gasteiger partial charge in [-0.2, -0.15) is 31.4 Å². The summed E-state index contributed by atoms with van der Waals surface area (Å²) in [6, 6.07) is 5.39. The molecule has 0 aliphatic rings. The Hall–Kier alpha value is -3.37. The fourth-order valence-corrected chi connectivity index (χ4v) is 2.71. The molecular formula is C19H13F6N3O2. The number of esters is 1. The smallest absolute Gasteiger partial charge is 0.418 e. The summed E-state index contributed by atoms with van der Waals surface area (Å²) in [4.78, 5) is 15.9. The largest absolute Gasteiger partial charge is 0.461 e. The lowest BCUT2D eigenvalue weighted by molar-refractivity contribution is -0.143. The summed E-state index contributed by atoms with van der Waals surface area (Å²) in [5.74, 6) is -0.887. The summed E-state index contributed by atoms with van der Waals surface area (Å²) in [6.07, 6.45) is -7.33. The maximum atomic E-state index is 13.6. The molecule has 0 N–H and O–H groups in total. The Balaban J connectivity index is 2.27. The highest BCUT2D eigenvalue weighted by Crippen LogP contribution is 2.39. The van der Waals surface area contributed by atoms with E-state index >= 15 is 0 Å². The number of pyridine rings is 1. The molecular weight excluding hydrogens is 416 g/mol. The first-order valence-corrected chi connectivity index (χ1v) is 8.48. The van der Waals surface area contributed by atoms with Gasteiger partial charge in [0.05, 0.1) is 29.1 Å². The van der Waals surface area contributed by atoms with Crippen LogP contribution in [0.4, 0.5) is 26.3 Å². The zero-order chi connectivity index (χ0) is 22.1. The van der Waals surface area contributed by atoms with Crippen LogP contribution in [0.15, 0.2) is 48.8 Å². The van der Waals surface area contributed by atoms with Gasteiger partial charge in [-0.05, 0) is 43.3 Å². The molecule has 3 rings (SSSR count). The van der Waals surface area contributed by atoms with Gasteiger partial charge in [-0.25, -0.2) is 9.48 Å². The monoisotopic (exact) mass is 429 g/mol. The Kier molecular flexibility index (Phi) is 5.55. The second-order valence-corrected chi connectivity index (χ2v) is 6.02. The van der Waals surface area contributed by atoms with Crippen molar-refractivity contribution in [3.63, 3.8) is 0 Å². The van der Waals surface area contributed by atoms with Crippen molar-refractivity contribution in [3.8, 4) is 16.9 Å². The topological polar surface area (TPSA) is 57.0 Å². The van der Waals surface area contributed by atoms with Crippen molar-refractivity contribution in [1.82, 2.24) is 14.8 Å². The fraction of sp³-hybridized carbons (Fsp3) is 0.211. The Bertz CT molecular complexity index is 1060. The van der Waals surface area contributed by atoms with E-state index in [-0.39, 0.29) is 24.1 Å². The zero-order valence-electron chi connectivity index (χ0n) is 15.3. The van der Waals surface area contributed by atoms with Crippen molar-refractivity contribution in [2.24, 2.45) is 0 Å². The van der Waals surface area contributed by atoms with Crippen LogP contribution in [0.1, 0.15) is 28.5 Å². The molecule has 0 fully saturated rings. The number of halogens is 6. The molecule has 0 saturated carbocycles. The van der Waals surface area contributed by atoms with E-state index in [0.717, 1.165) is 4.68 Å². The van der Waals surface area contributed by atoms with Crippen molar-refractivity contribution in [1.29, 1.82) is 0 Å². The molecule has 2 heterocycles. The van der Waals surface area contributed by atoms with Crippen LogP contribution >= 0.6 is 0 Å². The number of rotatable bonds is 4. The lowest BCUT2D eigenvalue weighted by atomic mass is 10.1. The number of ether oxygens (including phenoxy) is 1. The SMILES string of the molecule is CCOC(=O)c1cc(-c2cccnc2)n(-c2ccc(C(F)(F)F)cc2C(F)(F)F)n1. The lowest BCUT2D eigenvalue weighted by Gasteiger charge is -2.17. The third-order valence-corrected chi connectivity index (χ3v) is 4.01. The predicted molar refractivity (Wildman–Crippen MR) is 92.8 cm³/mol. The third-order valence-electron chi connectivity index (χ3n) is 4.01. The normalized spacial score (nSPS) is 12.1. The number of carbonyl (C=O) groups is 1. The average Bonchev–Trinajstić information content (AvgIpc) is 3.12. The van der Waals surface area contributed by atoms with Gasteiger partial charge in [0.2, 0.25) is 0 Å². The molecule has 0 aliphatic carbocycles. The summed E-state index contributed by atoms with van der Waals surface area (Å²) in [5, 5.41) is 3.87. The second-order valence-electron chi connectivity index (χ2n) is 6.02. The van der Waals surface area contributed by atoms with Crippen LogP contribution in [0.3, 0.4) is 0 Å². The summed E-state index contributed by atoms with van der Waals surface area (Å²) in [5.41, 5.74) is -3.67. The Labute approximate surface area is 165 Å². The van der Waals surface area contributed by atoms with E-state index in [1.54, 1.807) is 0 Å². The molecule has 5 nitrogen and oxygen atoms in total. The maximum absolute atomic E-state index is 13.6. The number of alkyl halides is 6. The number of benzene rings is 1. The van der Waals surface area contributed by atoms with Crippen molar-refractivity contribution >= 4 is 5.97 Å². The van der Waals surface area contributed by atoms with Crippen LogP contribution in [0.2, 0.25) is 0 Å². The van der Waals surface area contributed by atoms with E-state index in [1.165, 1.54) is 37.5 Å². The first kappa shape index (κ1) is 21.3. The van der Waals surface area contributed by atoms with Crippen LogP contribution in [-0.4, -0.2) is 27.3 Å². The summed E-state index contributed by atoms with van der Waals surface area (Å²) in [7, 11) is 0. The molecule has 0 bridgehead atoms. The highest BCUT2D eigenvalue weighted by molar-refractivity contribution is 5.89. The van der Waals surface area contributed by atoms with E-state index in [1.807, 2.05) is 0 Å². The van der Waals surface area contributed by atoms with Gasteiger partial charge in [0.25, 0.3) is 0 Å². The predicted octanol–water partition coefficient (Wildman–Crippen LogP) is 5.15. The zero-order valence-corrected chi connectivity index (χ0v) is 15.3. The minimum atomic E-state index is -5.11. The van der Waals surface area contributed by atoms with Crippen molar-refractivity contribution in [2.75, 3.05) is 6.61 Å². The van der Waals surface area contributed by atoms with Crippen molar-refractivity contribution in [2.45, 2.75) is 19.3 Å². The number of hydrogen-bond acceptors (Lipinski definition) is 4. The fourth-order valence-electron chi connectivity index (χ4n) is 2.71. The van der Waals surface area contributed by atoms with Gasteiger partial charge >= 0.3 is 18.3 Å². The van der Waals surface area contributed by atoms with E-state index < -0.39 is 35.1 Å².